The lowest BCUT2D eigenvalue weighted by molar-refractivity contribution is 1.38. The first kappa shape index (κ1) is 6.20. The molecule has 3 heteroatoms. The van der Waals surface area contributed by atoms with E-state index < -0.39 is 0 Å². The van der Waals surface area contributed by atoms with Crippen molar-refractivity contribution in [2.45, 2.75) is 0 Å². The second kappa shape index (κ2) is 2.08. The van der Waals surface area contributed by atoms with Gasteiger partial charge in [-0.2, -0.15) is 0 Å². The van der Waals surface area contributed by atoms with E-state index in [9.17, 15) is 0 Å². The van der Waals surface area contributed by atoms with Crippen molar-refractivity contribution in [2.24, 2.45) is 0 Å². The summed E-state index contributed by atoms with van der Waals surface area (Å²) >= 11 is 1.72. The Hall–Kier alpha value is -1.35. The van der Waals surface area contributed by atoms with Crippen LogP contribution < -0.4 is 0 Å². The van der Waals surface area contributed by atoms with E-state index in [1.807, 2.05) is 18.5 Å². The maximum absolute atomic E-state index is 4.28. The van der Waals surface area contributed by atoms with Gasteiger partial charge in [0.2, 0.25) is 0 Å². The van der Waals surface area contributed by atoms with Crippen LogP contribution in [0.3, 0.4) is 0 Å². The highest BCUT2D eigenvalue weighted by atomic mass is 32.1. The highest BCUT2D eigenvalue weighted by Gasteiger charge is 2.02. The molecule has 3 rings (SSSR count). The van der Waals surface area contributed by atoms with Crippen molar-refractivity contribution >= 4 is 27.3 Å². The van der Waals surface area contributed by atoms with Crippen LogP contribution in [0.1, 0.15) is 0 Å². The average Bonchev–Trinajstić information content (AvgIpc) is 2.62. The second-order valence-electron chi connectivity index (χ2n) is 2.66. The number of nitrogens with zero attached hydrogens (tertiary/aromatic N) is 2. The summed E-state index contributed by atoms with van der Waals surface area (Å²) in [6.45, 7) is 0. The Kier molecular flexibility index (Phi) is 1.07. The summed E-state index contributed by atoms with van der Waals surface area (Å²) in [6, 6.07) is 8.32. The molecule has 2 heterocycles. The zero-order chi connectivity index (χ0) is 7.97. The Balaban J connectivity index is 2.68. The molecule has 2 aromatic heterocycles. The monoisotopic (exact) mass is 174 g/mol. The SMILES string of the molecule is c1ccc2c(c1)sn1ccnc21. The van der Waals surface area contributed by atoms with E-state index >= 15 is 0 Å². The molecule has 12 heavy (non-hydrogen) atoms. The Morgan fingerprint density at radius 1 is 1.25 bits per heavy atom. The number of rotatable bonds is 0. The molecule has 2 nitrogen and oxygen atoms in total. The number of benzene rings is 1. The van der Waals surface area contributed by atoms with Crippen LogP contribution >= 0.6 is 11.5 Å². The van der Waals surface area contributed by atoms with Crippen molar-refractivity contribution in [2.75, 3.05) is 0 Å². The summed E-state index contributed by atoms with van der Waals surface area (Å²) in [5.41, 5.74) is 1.07. The van der Waals surface area contributed by atoms with E-state index in [4.69, 9.17) is 0 Å². The van der Waals surface area contributed by atoms with Crippen molar-refractivity contribution < 1.29 is 0 Å². The van der Waals surface area contributed by atoms with Crippen LogP contribution in [0.4, 0.5) is 0 Å². The van der Waals surface area contributed by atoms with Crippen LogP contribution in [-0.4, -0.2) is 8.77 Å². The fourth-order valence-corrected chi connectivity index (χ4v) is 2.35. The standard InChI is InChI=1S/C9H6N2S/c1-2-4-8-7(3-1)9-10-5-6-11(9)12-8/h1-6H. The largest absolute Gasteiger partial charge is 0.254 e. The predicted octanol–water partition coefficient (Wildman–Crippen LogP) is 2.55. The first-order chi connectivity index (χ1) is 5.95. The first-order valence-corrected chi connectivity index (χ1v) is 4.53. The topological polar surface area (TPSA) is 17.3 Å². The molecule has 0 N–H and O–H groups in total. The number of hydrogen-bond donors (Lipinski definition) is 0. The molecule has 1 aromatic carbocycles. The molecule has 0 unspecified atom stereocenters. The van der Waals surface area contributed by atoms with Crippen molar-refractivity contribution in [1.82, 2.24) is 8.77 Å². The minimum atomic E-state index is 1.07. The minimum Gasteiger partial charge on any atom is -0.254 e. The summed E-state index contributed by atoms with van der Waals surface area (Å²) in [6.07, 6.45) is 3.82. The smallest absolute Gasteiger partial charge is 0.154 e. The van der Waals surface area contributed by atoms with E-state index in [1.54, 1.807) is 11.5 Å². The van der Waals surface area contributed by atoms with E-state index in [-0.39, 0.29) is 0 Å². The zero-order valence-electron chi connectivity index (χ0n) is 6.27. The van der Waals surface area contributed by atoms with Gasteiger partial charge in [0.1, 0.15) is 0 Å². The third-order valence-corrected chi connectivity index (χ3v) is 2.98. The highest BCUT2D eigenvalue weighted by molar-refractivity contribution is 7.14. The molecule has 0 aliphatic heterocycles. The summed E-state index contributed by atoms with van der Waals surface area (Å²) in [7, 11) is 0. The van der Waals surface area contributed by atoms with E-state index in [0.29, 0.717) is 0 Å². The van der Waals surface area contributed by atoms with E-state index in [2.05, 4.69) is 27.0 Å². The lowest BCUT2D eigenvalue weighted by atomic mass is 10.3. The molecule has 0 atom stereocenters. The van der Waals surface area contributed by atoms with Crippen LogP contribution in [0, 0.1) is 0 Å². The third-order valence-electron chi connectivity index (χ3n) is 1.93. The molecular weight excluding hydrogens is 168 g/mol. The van der Waals surface area contributed by atoms with E-state index in [0.717, 1.165) is 5.65 Å². The van der Waals surface area contributed by atoms with Gasteiger partial charge in [0.05, 0.1) is 4.70 Å². The van der Waals surface area contributed by atoms with Gasteiger partial charge in [-0.25, -0.2) is 4.98 Å². The Morgan fingerprint density at radius 2 is 2.17 bits per heavy atom. The maximum atomic E-state index is 4.28. The fourth-order valence-electron chi connectivity index (χ4n) is 1.39. The minimum absolute atomic E-state index is 1.07. The van der Waals surface area contributed by atoms with Crippen molar-refractivity contribution in [3.8, 4) is 0 Å². The molecule has 0 radical (unpaired) electrons. The van der Waals surface area contributed by atoms with E-state index in [1.165, 1.54) is 10.1 Å². The van der Waals surface area contributed by atoms with Crippen LogP contribution in [0.15, 0.2) is 36.7 Å². The first-order valence-electron chi connectivity index (χ1n) is 3.76. The van der Waals surface area contributed by atoms with Gasteiger partial charge in [0, 0.05) is 17.8 Å². The van der Waals surface area contributed by atoms with Gasteiger partial charge in [-0.3, -0.25) is 3.79 Å². The molecule has 0 aliphatic rings. The van der Waals surface area contributed by atoms with Gasteiger partial charge < -0.3 is 0 Å². The van der Waals surface area contributed by atoms with Crippen molar-refractivity contribution in [1.29, 1.82) is 0 Å². The van der Waals surface area contributed by atoms with Crippen molar-refractivity contribution in [3.63, 3.8) is 0 Å². The van der Waals surface area contributed by atoms with Crippen LogP contribution in [0.25, 0.3) is 15.7 Å². The lowest BCUT2D eigenvalue weighted by Crippen LogP contribution is -1.67. The van der Waals surface area contributed by atoms with Gasteiger partial charge >= 0.3 is 0 Å². The van der Waals surface area contributed by atoms with Gasteiger partial charge in [0.15, 0.2) is 5.65 Å². The molecule has 0 bridgehead atoms. The second-order valence-corrected chi connectivity index (χ2v) is 3.68. The molecule has 0 amide bonds. The van der Waals surface area contributed by atoms with Crippen molar-refractivity contribution in [3.05, 3.63) is 36.7 Å². The number of imidazole rings is 1. The van der Waals surface area contributed by atoms with Crippen LogP contribution in [0.5, 0.6) is 0 Å². The Labute approximate surface area is 73.2 Å². The average molecular weight is 174 g/mol. The molecular formula is C9H6N2S. The molecule has 0 aliphatic carbocycles. The van der Waals surface area contributed by atoms with Gasteiger partial charge in [-0.05, 0) is 12.1 Å². The zero-order valence-corrected chi connectivity index (χ0v) is 7.08. The predicted molar refractivity (Wildman–Crippen MR) is 50.6 cm³/mol. The summed E-state index contributed by atoms with van der Waals surface area (Å²) in [5, 5.41) is 1.24. The summed E-state index contributed by atoms with van der Waals surface area (Å²) < 4.78 is 3.38. The normalized spacial score (nSPS) is 11.3. The quantitative estimate of drug-likeness (QED) is 0.512. The third kappa shape index (κ3) is 0.662. The summed E-state index contributed by atoms with van der Waals surface area (Å²) in [4.78, 5) is 4.28. The van der Waals surface area contributed by atoms with Crippen LogP contribution in [-0.2, 0) is 0 Å². The molecule has 58 valence electrons. The maximum Gasteiger partial charge on any atom is 0.154 e. The lowest BCUT2D eigenvalue weighted by Gasteiger charge is -1.82. The number of aromatic nitrogens is 2. The molecule has 0 spiro atoms. The molecule has 3 aromatic rings. The molecule has 0 saturated carbocycles. The van der Waals surface area contributed by atoms with Gasteiger partial charge in [-0.15, -0.1) is 0 Å². The Morgan fingerprint density at radius 3 is 3.17 bits per heavy atom. The Bertz CT molecular complexity index is 534. The van der Waals surface area contributed by atoms with Gasteiger partial charge in [-0.1, -0.05) is 23.7 Å². The highest BCUT2D eigenvalue weighted by Crippen LogP contribution is 2.24. The van der Waals surface area contributed by atoms with Crippen LogP contribution in [0.2, 0.25) is 0 Å². The summed E-state index contributed by atoms with van der Waals surface area (Å²) in [5.74, 6) is 0. The molecule has 0 saturated heterocycles. The number of fused-ring (bicyclic) bond motifs is 3. The van der Waals surface area contributed by atoms with Gasteiger partial charge in [0.25, 0.3) is 0 Å². The molecule has 0 fully saturated rings. The fraction of sp³-hybridized carbons (Fsp3) is 0. The number of hydrogen-bond acceptors (Lipinski definition) is 2.